The fraction of sp³-hybridized carbons (Fsp3) is 0.400. The SMILES string of the molecule is CCCCCn1nc(CC(C)C)n(Cc2ccc(-c3ccccc3-c3nn[nH]n3)cc2)c1=O. The average Bonchev–Trinajstić information content (AvgIpc) is 3.44. The maximum Gasteiger partial charge on any atom is 0.346 e. The lowest BCUT2D eigenvalue weighted by atomic mass is 9.98. The van der Waals surface area contributed by atoms with Gasteiger partial charge in [0.1, 0.15) is 5.82 Å². The number of H-pyrrole nitrogens is 1. The first-order valence-corrected chi connectivity index (χ1v) is 11.7. The standard InChI is InChI=1S/C25H31N7O/c1-4-5-8-15-32-25(33)31(23(28-32)16-18(2)3)17-19-11-13-20(14-12-19)21-9-6-7-10-22(21)24-26-29-30-27-24/h6-7,9-14,18H,4-5,8,15-17H2,1-3H3,(H,26,27,29,30). The normalized spacial score (nSPS) is 11.4. The molecule has 0 saturated carbocycles. The number of hydrogen-bond acceptors (Lipinski definition) is 5. The molecule has 0 aliphatic carbocycles. The predicted molar refractivity (Wildman–Crippen MR) is 129 cm³/mol. The fourth-order valence-corrected chi connectivity index (χ4v) is 4.00. The van der Waals surface area contributed by atoms with E-state index in [9.17, 15) is 4.79 Å². The highest BCUT2D eigenvalue weighted by atomic mass is 16.2. The molecule has 2 aromatic carbocycles. The number of nitrogens with zero attached hydrogens (tertiary/aromatic N) is 6. The van der Waals surface area contributed by atoms with E-state index in [0.717, 1.165) is 53.8 Å². The van der Waals surface area contributed by atoms with Gasteiger partial charge in [-0.25, -0.2) is 9.48 Å². The summed E-state index contributed by atoms with van der Waals surface area (Å²) in [7, 11) is 0. The van der Waals surface area contributed by atoms with Crippen LogP contribution in [-0.4, -0.2) is 35.0 Å². The largest absolute Gasteiger partial charge is 0.346 e. The molecule has 2 aromatic heterocycles. The first kappa shape index (κ1) is 22.6. The van der Waals surface area contributed by atoms with Crippen molar-refractivity contribution < 1.29 is 0 Å². The van der Waals surface area contributed by atoms with Gasteiger partial charge in [-0.1, -0.05) is 82.1 Å². The lowest BCUT2D eigenvalue weighted by Crippen LogP contribution is -2.26. The van der Waals surface area contributed by atoms with E-state index in [0.29, 0.717) is 24.8 Å². The molecule has 0 unspecified atom stereocenters. The van der Waals surface area contributed by atoms with E-state index in [4.69, 9.17) is 0 Å². The Kier molecular flexibility index (Phi) is 7.12. The van der Waals surface area contributed by atoms with Gasteiger partial charge in [-0.3, -0.25) is 4.57 Å². The molecule has 0 atom stereocenters. The van der Waals surface area contributed by atoms with Crippen LogP contribution in [-0.2, 0) is 19.5 Å². The van der Waals surface area contributed by atoms with Gasteiger partial charge in [0.2, 0.25) is 5.82 Å². The Bertz CT molecular complexity index is 1220. The van der Waals surface area contributed by atoms with E-state index in [2.05, 4.69) is 70.8 Å². The molecule has 0 amide bonds. The van der Waals surface area contributed by atoms with Crippen molar-refractivity contribution in [2.45, 2.75) is 59.5 Å². The molecule has 0 fully saturated rings. The maximum atomic E-state index is 13.1. The van der Waals surface area contributed by atoms with Crippen LogP contribution in [0.4, 0.5) is 0 Å². The number of aromatic amines is 1. The smallest absolute Gasteiger partial charge is 0.274 e. The topological polar surface area (TPSA) is 94.3 Å². The van der Waals surface area contributed by atoms with Crippen LogP contribution in [0, 0.1) is 5.92 Å². The minimum absolute atomic E-state index is 0.0201. The Hall–Kier alpha value is -3.55. The van der Waals surface area contributed by atoms with Gasteiger partial charge in [0, 0.05) is 18.5 Å². The molecule has 0 spiro atoms. The molecule has 2 heterocycles. The Balaban J connectivity index is 1.59. The van der Waals surface area contributed by atoms with Gasteiger partial charge in [-0.15, -0.1) is 10.2 Å². The highest BCUT2D eigenvalue weighted by Crippen LogP contribution is 2.29. The van der Waals surface area contributed by atoms with Gasteiger partial charge in [-0.05, 0) is 34.2 Å². The molecule has 172 valence electrons. The molecule has 0 aliphatic heterocycles. The minimum atomic E-state index is -0.0201. The molecule has 0 saturated heterocycles. The van der Waals surface area contributed by atoms with Crippen LogP contribution in [0.3, 0.4) is 0 Å². The summed E-state index contributed by atoms with van der Waals surface area (Å²) in [5.74, 6) is 1.85. The second kappa shape index (κ2) is 10.4. The summed E-state index contributed by atoms with van der Waals surface area (Å²) in [6.07, 6.45) is 3.98. The van der Waals surface area contributed by atoms with Crippen molar-refractivity contribution in [1.82, 2.24) is 35.0 Å². The van der Waals surface area contributed by atoms with Gasteiger partial charge in [0.05, 0.1) is 6.54 Å². The van der Waals surface area contributed by atoms with E-state index in [1.54, 1.807) is 4.68 Å². The van der Waals surface area contributed by atoms with Crippen molar-refractivity contribution in [3.8, 4) is 22.5 Å². The third-order valence-electron chi connectivity index (χ3n) is 5.68. The number of hydrogen-bond donors (Lipinski definition) is 1. The summed E-state index contributed by atoms with van der Waals surface area (Å²) in [6.45, 7) is 7.66. The van der Waals surface area contributed by atoms with E-state index in [1.807, 2.05) is 28.8 Å². The summed E-state index contributed by atoms with van der Waals surface area (Å²) in [5, 5.41) is 19.1. The Morgan fingerprint density at radius 2 is 1.76 bits per heavy atom. The molecule has 1 N–H and O–H groups in total. The number of aromatic nitrogens is 7. The molecule has 8 heteroatoms. The summed E-state index contributed by atoms with van der Waals surface area (Å²) in [5.41, 5.74) is 4.06. The summed E-state index contributed by atoms with van der Waals surface area (Å²) in [6, 6.07) is 16.3. The van der Waals surface area contributed by atoms with Crippen molar-refractivity contribution in [3.63, 3.8) is 0 Å². The second-order valence-corrected chi connectivity index (χ2v) is 8.79. The number of rotatable bonds is 10. The molecule has 0 aliphatic rings. The highest BCUT2D eigenvalue weighted by Gasteiger charge is 2.15. The van der Waals surface area contributed by atoms with Crippen molar-refractivity contribution in [2.75, 3.05) is 0 Å². The zero-order chi connectivity index (χ0) is 23.2. The first-order valence-electron chi connectivity index (χ1n) is 11.7. The number of tetrazole rings is 1. The van der Waals surface area contributed by atoms with Gasteiger partial charge in [0.25, 0.3) is 0 Å². The van der Waals surface area contributed by atoms with Crippen LogP contribution in [0.5, 0.6) is 0 Å². The summed E-state index contributed by atoms with van der Waals surface area (Å²) < 4.78 is 3.47. The van der Waals surface area contributed by atoms with Crippen molar-refractivity contribution in [1.29, 1.82) is 0 Å². The van der Waals surface area contributed by atoms with E-state index in [-0.39, 0.29) is 5.69 Å². The van der Waals surface area contributed by atoms with Crippen LogP contribution in [0.1, 0.15) is 51.4 Å². The van der Waals surface area contributed by atoms with Crippen LogP contribution in [0.15, 0.2) is 53.3 Å². The van der Waals surface area contributed by atoms with Crippen LogP contribution >= 0.6 is 0 Å². The highest BCUT2D eigenvalue weighted by molar-refractivity contribution is 5.80. The van der Waals surface area contributed by atoms with Gasteiger partial charge < -0.3 is 0 Å². The zero-order valence-corrected chi connectivity index (χ0v) is 19.5. The summed E-state index contributed by atoms with van der Waals surface area (Å²) in [4.78, 5) is 13.1. The Morgan fingerprint density at radius 3 is 2.42 bits per heavy atom. The predicted octanol–water partition coefficient (Wildman–Crippen LogP) is 4.33. The van der Waals surface area contributed by atoms with Crippen LogP contribution < -0.4 is 5.69 Å². The molecule has 4 rings (SSSR count). The Morgan fingerprint density at radius 1 is 1.00 bits per heavy atom. The van der Waals surface area contributed by atoms with Gasteiger partial charge in [-0.2, -0.15) is 10.3 Å². The Labute approximate surface area is 193 Å². The van der Waals surface area contributed by atoms with E-state index >= 15 is 0 Å². The molecule has 0 radical (unpaired) electrons. The first-order chi connectivity index (χ1) is 16.1. The lowest BCUT2D eigenvalue weighted by Gasteiger charge is -2.10. The number of aryl methyl sites for hydroxylation is 1. The lowest BCUT2D eigenvalue weighted by molar-refractivity contribution is 0.527. The monoisotopic (exact) mass is 445 g/mol. The third-order valence-corrected chi connectivity index (χ3v) is 5.68. The quantitative estimate of drug-likeness (QED) is 0.367. The summed E-state index contributed by atoms with van der Waals surface area (Å²) >= 11 is 0. The molecule has 8 nitrogen and oxygen atoms in total. The molecular weight excluding hydrogens is 414 g/mol. The van der Waals surface area contributed by atoms with Crippen molar-refractivity contribution in [2.24, 2.45) is 5.92 Å². The number of unbranched alkanes of at least 4 members (excludes halogenated alkanes) is 2. The van der Waals surface area contributed by atoms with E-state index < -0.39 is 0 Å². The van der Waals surface area contributed by atoms with Crippen LogP contribution in [0.2, 0.25) is 0 Å². The molecule has 4 aromatic rings. The molecule has 33 heavy (non-hydrogen) atoms. The average molecular weight is 446 g/mol. The fourth-order valence-electron chi connectivity index (χ4n) is 4.00. The van der Waals surface area contributed by atoms with E-state index in [1.165, 1.54) is 0 Å². The van der Waals surface area contributed by atoms with Gasteiger partial charge >= 0.3 is 5.69 Å². The van der Waals surface area contributed by atoms with Crippen molar-refractivity contribution >= 4 is 0 Å². The van der Waals surface area contributed by atoms with Crippen molar-refractivity contribution in [3.05, 3.63) is 70.4 Å². The number of benzene rings is 2. The number of nitrogens with one attached hydrogen (secondary N) is 1. The second-order valence-electron chi connectivity index (χ2n) is 8.79. The third kappa shape index (κ3) is 5.27. The van der Waals surface area contributed by atoms with Crippen LogP contribution in [0.25, 0.3) is 22.5 Å². The maximum absolute atomic E-state index is 13.1. The molecule has 0 bridgehead atoms. The van der Waals surface area contributed by atoms with Gasteiger partial charge in [0.15, 0.2) is 0 Å². The zero-order valence-electron chi connectivity index (χ0n) is 19.5. The minimum Gasteiger partial charge on any atom is -0.274 e. The molecular formula is C25H31N7O.